The summed E-state index contributed by atoms with van der Waals surface area (Å²) in [4.78, 5) is 0. The lowest BCUT2D eigenvalue weighted by molar-refractivity contribution is 0.0552. The summed E-state index contributed by atoms with van der Waals surface area (Å²) in [7, 11) is 0. The molecule has 0 aliphatic rings. The molecule has 4 N–H and O–H groups in total. The lowest BCUT2D eigenvalue weighted by Gasteiger charge is -2.08. The molecule has 0 heterocycles. The van der Waals surface area contributed by atoms with Gasteiger partial charge in [0.05, 0.1) is 12.7 Å². The molecule has 5 heteroatoms. The van der Waals surface area contributed by atoms with Crippen LogP contribution in [0.3, 0.4) is 0 Å². The highest BCUT2D eigenvalue weighted by atomic mass is 32.2. The van der Waals surface area contributed by atoms with Gasteiger partial charge in [-0.05, 0) is 6.92 Å². The predicted octanol–water partition coefficient (Wildman–Crippen LogP) is 0.0105. The third kappa shape index (κ3) is 7.64. The third-order valence-corrected chi connectivity index (χ3v) is 1.81. The molecule has 66 valence electrons. The van der Waals surface area contributed by atoms with Crippen LogP contribution in [-0.2, 0) is 4.74 Å². The number of aliphatic hydroxyl groups is 1. The van der Waals surface area contributed by atoms with Crippen LogP contribution in [0.2, 0.25) is 0 Å². The summed E-state index contributed by atoms with van der Waals surface area (Å²) in [6.07, 6.45) is -0.524. The van der Waals surface area contributed by atoms with Crippen molar-refractivity contribution in [1.29, 1.82) is 5.41 Å². The van der Waals surface area contributed by atoms with Crippen molar-refractivity contribution in [3.63, 3.8) is 0 Å². The molecule has 0 saturated carbocycles. The van der Waals surface area contributed by atoms with Gasteiger partial charge < -0.3 is 15.6 Å². The van der Waals surface area contributed by atoms with Gasteiger partial charge in [-0.25, -0.2) is 0 Å². The van der Waals surface area contributed by atoms with Crippen molar-refractivity contribution in [2.24, 2.45) is 5.73 Å². The van der Waals surface area contributed by atoms with E-state index >= 15 is 0 Å². The van der Waals surface area contributed by atoms with Gasteiger partial charge in [0.25, 0.3) is 0 Å². The Morgan fingerprint density at radius 3 is 2.91 bits per heavy atom. The van der Waals surface area contributed by atoms with E-state index in [4.69, 9.17) is 21.0 Å². The Labute approximate surface area is 70.6 Å². The van der Waals surface area contributed by atoms with E-state index in [9.17, 15) is 0 Å². The van der Waals surface area contributed by atoms with E-state index in [1.165, 1.54) is 0 Å². The molecule has 11 heavy (non-hydrogen) atoms. The molecule has 0 aliphatic carbocycles. The quantitative estimate of drug-likeness (QED) is 0.409. The maximum Gasteiger partial charge on any atom is 0.151 e. The van der Waals surface area contributed by atoms with E-state index in [0.29, 0.717) is 19.0 Å². The molecule has 4 nitrogen and oxygen atoms in total. The van der Waals surface area contributed by atoms with Gasteiger partial charge in [0.2, 0.25) is 0 Å². The Hall–Kier alpha value is -0.260. The van der Waals surface area contributed by atoms with Crippen molar-refractivity contribution >= 4 is 16.9 Å². The standard InChI is InChI=1S/C6H14N2O2S/c1-2-10-3-5(9)4-11-6(7)8/h5,9H,2-4H2,1H3,(H3,7,8). The van der Waals surface area contributed by atoms with Crippen LogP contribution >= 0.6 is 11.8 Å². The molecule has 0 rings (SSSR count). The van der Waals surface area contributed by atoms with Gasteiger partial charge in [0, 0.05) is 12.4 Å². The highest BCUT2D eigenvalue weighted by molar-refractivity contribution is 8.13. The average molecular weight is 178 g/mol. The van der Waals surface area contributed by atoms with E-state index in [1.807, 2.05) is 6.92 Å². The Bertz CT molecular complexity index is 121. The summed E-state index contributed by atoms with van der Waals surface area (Å²) in [5, 5.41) is 16.0. The first kappa shape index (κ1) is 10.7. The smallest absolute Gasteiger partial charge is 0.151 e. The molecule has 0 radical (unpaired) electrons. The molecule has 0 fully saturated rings. The van der Waals surface area contributed by atoms with Crippen LogP contribution in [0.5, 0.6) is 0 Å². The van der Waals surface area contributed by atoms with Crippen LogP contribution in [0.25, 0.3) is 0 Å². The average Bonchev–Trinajstić information content (AvgIpc) is 1.97. The van der Waals surface area contributed by atoms with Crippen molar-refractivity contribution in [2.45, 2.75) is 13.0 Å². The lowest BCUT2D eigenvalue weighted by Crippen LogP contribution is -2.20. The van der Waals surface area contributed by atoms with Crippen LogP contribution in [-0.4, -0.2) is 35.3 Å². The molecular weight excluding hydrogens is 164 g/mol. The third-order valence-electron chi connectivity index (χ3n) is 0.946. The zero-order valence-corrected chi connectivity index (χ0v) is 7.36. The Kier molecular flexibility index (Phi) is 6.30. The summed E-state index contributed by atoms with van der Waals surface area (Å²) < 4.78 is 4.95. The number of aliphatic hydroxyl groups excluding tert-OH is 1. The Morgan fingerprint density at radius 2 is 2.45 bits per heavy atom. The zero-order chi connectivity index (χ0) is 8.69. The van der Waals surface area contributed by atoms with Crippen LogP contribution in [0, 0.1) is 5.41 Å². The number of amidine groups is 1. The number of hydrogen-bond donors (Lipinski definition) is 3. The van der Waals surface area contributed by atoms with E-state index in [2.05, 4.69) is 0 Å². The van der Waals surface area contributed by atoms with Crippen molar-refractivity contribution in [1.82, 2.24) is 0 Å². The van der Waals surface area contributed by atoms with E-state index in [-0.39, 0.29) is 5.17 Å². The second-order valence-electron chi connectivity index (χ2n) is 1.99. The van der Waals surface area contributed by atoms with Crippen molar-refractivity contribution in [2.75, 3.05) is 19.0 Å². The van der Waals surface area contributed by atoms with Crippen LogP contribution in [0.15, 0.2) is 0 Å². The molecule has 0 aromatic heterocycles. The number of rotatable bonds is 5. The number of nitrogens with two attached hydrogens (primary N) is 1. The molecule has 1 unspecified atom stereocenters. The van der Waals surface area contributed by atoms with Gasteiger partial charge in [-0.1, -0.05) is 11.8 Å². The molecule has 0 aromatic carbocycles. The van der Waals surface area contributed by atoms with Gasteiger partial charge in [-0.3, -0.25) is 5.41 Å². The van der Waals surface area contributed by atoms with E-state index in [1.54, 1.807) is 0 Å². The molecule has 0 aromatic rings. The fourth-order valence-corrected chi connectivity index (χ4v) is 0.956. The highest BCUT2D eigenvalue weighted by Gasteiger charge is 2.04. The molecule has 0 amide bonds. The van der Waals surface area contributed by atoms with Crippen LogP contribution < -0.4 is 5.73 Å². The highest BCUT2D eigenvalue weighted by Crippen LogP contribution is 2.01. The normalized spacial score (nSPS) is 12.9. The fourth-order valence-electron chi connectivity index (χ4n) is 0.488. The SMILES string of the molecule is CCOCC(O)CSC(=N)N. The number of hydrogen-bond acceptors (Lipinski definition) is 4. The summed E-state index contributed by atoms with van der Waals surface area (Å²) in [6, 6.07) is 0. The van der Waals surface area contributed by atoms with E-state index in [0.717, 1.165) is 11.8 Å². The minimum Gasteiger partial charge on any atom is -0.390 e. The minimum absolute atomic E-state index is 0.0283. The van der Waals surface area contributed by atoms with Gasteiger partial charge >= 0.3 is 0 Å². The van der Waals surface area contributed by atoms with Crippen molar-refractivity contribution < 1.29 is 9.84 Å². The number of thioether (sulfide) groups is 1. The molecule has 0 saturated heterocycles. The zero-order valence-electron chi connectivity index (χ0n) is 6.54. The first-order valence-corrected chi connectivity index (χ1v) is 4.38. The summed E-state index contributed by atoms with van der Waals surface area (Å²) in [5.41, 5.74) is 5.06. The van der Waals surface area contributed by atoms with E-state index < -0.39 is 6.10 Å². The molecule has 0 spiro atoms. The summed E-state index contributed by atoms with van der Waals surface area (Å²) in [6.45, 7) is 2.78. The molecule has 0 aliphatic heterocycles. The maximum absolute atomic E-state index is 9.13. The van der Waals surface area contributed by atoms with Crippen molar-refractivity contribution in [3.05, 3.63) is 0 Å². The second-order valence-corrected chi connectivity index (χ2v) is 3.05. The molecule has 1 atom stereocenters. The predicted molar refractivity (Wildman–Crippen MR) is 46.9 cm³/mol. The first-order valence-electron chi connectivity index (χ1n) is 3.39. The minimum atomic E-state index is -0.524. The first-order chi connectivity index (χ1) is 5.16. The van der Waals surface area contributed by atoms with Gasteiger partial charge in [0.15, 0.2) is 5.17 Å². The largest absolute Gasteiger partial charge is 0.390 e. The van der Waals surface area contributed by atoms with Crippen molar-refractivity contribution in [3.8, 4) is 0 Å². The second kappa shape index (κ2) is 6.45. The van der Waals surface area contributed by atoms with Gasteiger partial charge in [0.1, 0.15) is 0 Å². The maximum atomic E-state index is 9.13. The number of ether oxygens (including phenoxy) is 1. The monoisotopic (exact) mass is 178 g/mol. The molecular formula is C6H14N2O2S. The Balaban J connectivity index is 3.22. The lowest BCUT2D eigenvalue weighted by atomic mass is 10.4. The van der Waals surface area contributed by atoms with Crippen LogP contribution in [0.4, 0.5) is 0 Å². The Morgan fingerprint density at radius 1 is 1.82 bits per heavy atom. The fraction of sp³-hybridized carbons (Fsp3) is 0.833. The molecule has 0 bridgehead atoms. The number of nitrogens with one attached hydrogen (secondary N) is 1. The van der Waals surface area contributed by atoms with Gasteiger partial charge in [-0.2, -0.15) is 0 Å². The topological polar surface area (TPSA) is 79.3 Å². The van der Waals surface area contributed by atoms with Gasteiger partial charge in [-0.15, -0.1) is 0 Å². The summed E-state index contributed by atoms with van der Waals surface area (Å²) >= 11 is 1.12. The summed E-state index contributed by atoms with van der Waals surface area (Å²) in [5.74, 6) is 0.426. The van der Waals surface area contributed by atoms with Crippen LogP contribution in [0.1, 0.15) is 6.92 Å².